The molecule has 0 radical (unpaired) electrons. The summed E-state index contributed by atoms with van der Waals surface area (Å²) in [5.41, 5.74) is -6.45. The molecule has 15 nitrogen and oxygen atoms in total. The molecule has 1 N–H and O–H groups in total. The van der Waals surface area contributed by atoms with E-state index in [2.05, 4.69) is 0 Å². The Morgan fingerprint density at radius 1 is 0.750 bits per heavy atom. The summed E-state index contributed by atoms with van der Waals surface area (Å²) in [7, 11) is 0. The molecule has 1 saturated heterocycles. The normalized spacial score (nSPS) is 30.2. The van der Waals surface area contributed by atoms with Crippen LogP contribution in [-0.4, -0.2) is 95.0 Å². The number of benzene rings is 3. The maximum atomic E-state index is 16.0. The fourth-order valence-corrected chi connectivity index (χ4v) is 10.1. The molecule has 2 saturated carbocycles. The lowest BCUT2D eigenvalue weighted by Crippen LogP contribution is -2.82. The van der Waals surface area contributed by atoms with Crippen LogP contribution in [0.25, 0.3) is 6.08 Å². The summed E-state index contributed by atoms with van der Waals surface area (Å²) in [5.74, 6) is -6.86. The van der Waals surface area contributed by atoms with Gasteiger partial charge < -0.3 is 38.3 Å². The highest BCUT2D eigenvalue weighted by Crippen LogP contribution is 2.65. The second-order valence-electron chi connectivity index (χ2n) is 17.4. The Balaban J connectivity index is 1.36. The molecule has 4 aliphatic rings. The second kappa shape index (κ2) is 17.3. The number of Topliss-reactive ketones (excluding diaryl/α,β-unsaturated/α-hetero) is 1. The minimum absolute atomic E-state index is 0.0550. The van der Waals surface area contributed by atoms with Gasteiger partial charge in [-0.2, -0.15) is 0 Å². The highest BCUT2D eigenvalue weighted by atomic mass is 16.6. The van der Waals surface area contributed by atoms with Gasteiger partial charge >= 0.3 is 35.8 Å². The van der Waals surface area contributed by atoms with Crippen LogP contribution in [-0.2, 0) is 52.4 Å². The van der Waals surface area contributed by atoms with E-state index >= 15 is 4.79 Å². The highest BCUT2D eigenvalue weighted by Gasteiger charge is 2.79. The molecule has 0 unspecified atom stereocenters. The number of carbonyl (C=O) groups is 7. The summed E-state index contributed by atoms with van der Waals surface area (Å²) in [6, 6.07) is 22.6. The fourth-order valence-electron chi connectivity index (χ4n) is 10.1. The van der Waals surface area contributed by atoms with Crippen LogP contribution >= 0.6 is 0 Å². The van der Waals surface area contributed by atoms with Crippen molar-refractivity contribution in [1.82, 2.24) is 0 Å². The molecule has 3 aliphatic carbocycles. The van der Waals surface area contributed by atoms with E-state index in [1.807, 2.05) is 0 Å². The molecule has 0 amide bonds. The molecule has 3 fully saturated rings. The molecular weight excluding hydrogens is 829 g/mol. The summed E-state index contributed by atoms with van der Waals surface area (Å²) in [6.45, 7) is 9.42. The average molecular weight is 879 g/mol. The lowest BCUT2D eigenvalue weighted by molar-refractivity contribution is -0.346. The predicted octanol–water partition coefficient (Wildman–Crippen LogP) is 5.71. The Bertz CT molecular complexity index is 2420. The van der Waals surface area contributed by atoms with E-state index in [0.29, 0.717) is 11.1 Å². The monoisotopic (exact) mass is 878 g/mol. The fraction of sp³-hybridized carbons (Fsp3) is 0.408. The first-order valence-corrected chi connectivity index (χ1v) is 20.9. The minimum Gasteiger partial charge on any atom is -0.461 e. The molecule has 64 heavy (non-hydrogen) atoms. The van der Waals surface area contributed by atoms with Crippen molar-refractivity contribution in [2.24, 2.45) is 16.7 Å². The number of rotatable bonds is 10. The SMILES string of the molecule is CC(=O)O[C@H]1C[C@@]2(O)[C@@H](OC(=O)c3ccccc3)[C@@H]3[C@]4(OC(C)=O)CO[C@@H]4C[C@H](OC(C)=O)[C@@]3(C)C(=O)[C@H](OC(=O)/C=C/c3ccc(OC(=O)c4ccccc4)cc3)C(=C1C)C2(C)C. The van der Waals surface area contributed by atoms with E-state index in [-0.39, 0.29) is 41.9 Å². The zero-order chi connectivity index (χ0) is 46.4. The molecule has 0 spiro atoms. The van der Waals surface area contributed by atoms with Crippen LogP contribution in [0, 0.1) is 16.7 Å². The Kier molecular flexibility index (Phi) is 12.3. The number of hydrogen-bond acceptors (Lipinski definition) is 15. The minimum atomic E-state index is -2.30. The molecule has 3 aromatic rings. The maximum Gasteiger partial charge on any atom is 0.343 e. The van der Waals surface area contributed by atoms with E-state index in [4.69, 9.17) is 33.2 Å². The number of fused-ring (bicyclic) bond motifs is 5. The molecule has 7 rings (SSSR count). The third-order valence-corrected chi connectivity index (χ3v) is 13.2. The Hall–Kier alpha value is -6.45. The zero-order valence-corrected chi connectivity index (χ0v) is 36.5. The summed E-state index contributed by atoms with van der Waals surface area (Å²) < 4.78 is 41.9. The zero-order valence-electron chi connectivity index (χ0n) is 36.5. The second-order valence-corrected chi connectivity index (χ2v) is 17.4. The van der Waals surface area contributed by atoms with Crippen molar-refractivity contribution < 1.29 is 71.8 Å². The van der Waals surface area contributed by atoms with E-state index in [1.54, 1.807) is 81.4 Å². The van der Waals surface area contributed by atoms with Crippen molar-refractivity contribution in [3.63, 3.8) is 0 Å². The van der Waals surface area contributed by atoms with Gasteiger partial charge in [-0.1, -0.05) is 62.4 Å². The number of ketones is 1. The Labute approximate surface area is 369 Å². The number of esters is 6. The van der Waals surface area contributed by atoms with Crippen LogP contribution in [0.4, 0.5) is 0 Å². The van der Waals surface area contributed by atoms with Gasteiger partial charge in [-0.3, -0.25) is 19.2 Å². The van der Waals surface area contributed by atoms with Gasteiger partial charge in [-0.15, -0.1) is 0 Å². The van der Waals surface area contributed by atoms with Crippen molar-refractivity contribution >= 4 is 47.7 Å². The lowest BCUT2D eigenvalue weighted by atomic mass is 9.44. The highest BCUT2D eigenvalue weighted by molar-refractivity contribution is 5.98. The number of aliphatic hydroxyl groups is 1. The van der Waals surface area contributed by atoms with E-state index in [9.17, 15) is 33.9 Å². The standard InChI is InChI=1S/C49H50O15/c1-27-35(59-28(2)50)25-49(57)43(63-45(56)33-16-12-9-13-17-33)41-47(7,36(60-29(3)51)24-37-48(41,26-58-37)64-30(4)52)42(54)40(39(27)46(49,5)6)62-38(53)23-20-31-18-21-34(22-19-31)61-44(55)32-14-10-8-11-15-32/h8-23,35-37,40-41,43,57H,24-26H2,1-7H3/b23-20+/t35-,36-,37+,40+,41-,43-,47+,48-,49+/m0/s1. The summed E-state index contributed by atoms with van der Waals surface area (Å²) >= 11 is 0. The molecule has 336 valence electrons. The van der Waals surface area contributed by atoms with Gasteiger partial charge in [0, 0.05) is 45.1 Å². The van der Waals surface area contributed by atoms with Gasteiger partial charge in [0.15, 0.2) is 17.5 Å². The van der Waals surface area contributed by atoms with E-state index in [0.717, 1.165) is 19.9 Å². The third kappa shape index (κ3) is 8.02. The topological polar surface area (TPSA) is 204 Å². The maximum absolute atomic E-state index is 16.0. The van der Waals surface area contributed by atoms with Crippen LogP contribution in [0.3, 0.4) is 0 Å². The summed E-state index contributed by atoms with van der Waals surface area (Å²) in [4.78, 5) is 95.6. The van der Waals surface area contributed by atoms with Crippen LogP contribution in [0.1, 0.15) is 87.6 Å². The van der Waals surface area contributed by atoms with Gasteiger partial charge in [0.25, 0.3) is 0 Å². The van der Waals surface area contributed by atoms with Crippen molar-refractivity contribution in [2.45, 2.75) is 103 Å². The quantitative estimate of drug-likeness (QED) is 0.0852. The van der Waals surface area contributed by atoms with Gasteiger partial charge in [0.05, 0.1) is 29.1 Å². The van der Waals surface area contributed by atoms with Crippen LogP contribution in [0.5, 0.6) is 5.75 Å². The molecule has 15 heteroatoms. The van der Waals surface area contributed by atoms with Crippen molar-refractivity contribution in [3.8, 4) is 5.75 Å². The number of carbonyl (C=O) groups excluding carboxylic acids is 7. The lowest BCUT2D eigenvalue weighted by Gasteiger charge is -2.67. The summed E-state index contributed by atoms with van der Waals surface area (Å²) in [5, 5.41) is 13.6. The van der Waals surface area contributed by atoms with Gasteiger partial charge in [0.1, 0.15) is 35.8 Å². The Morgan fingerprint density at radius 2 is 1.34 bits per heavy atom. The van der Waals surface area contributed by atoms with Gasteiger partial charge in [-0.05, 0) is 73.0 Å². The average Bonchev–Trinajstić information content (AvgIpc) is 3.24. The Morgan fingerprint density at radius 3 is 1.89 bits per heavy atom. The van der Waals surface area contributed by atoms with Gasteiger partial charge in [0.2, 0.25) is 0 Å². The van der Waals surface area contributed by atoms with E-state index in [1.165, 1.54) is 44.2 Å². The largest absolute Gasteiger partial charge is 0.461 e. The van der Waals surface area contributed by atoms with Crippen LogP contribution in [0.15, 0.2) is 102 Å². The number of hydrogen-bond donors (Lipinski definition) is 1. The molecule has 1 heterocycles. The first-order valence-electron chi connectivity index (χ1n) is 20.9. The van der Waals surface area contributed by atoms with Crippen LogP contribution < -0.4 is 4.74 Å². The van der Waals surface area contributed by atoms with Gasteiger partial charge in [-0.25, -0.2) is 14.4 Å². The molecule has 2 bridgehead atoms. The molecule has 1 aliphatic heterocycles. The molecule has 3 aromatic carbocycles. The molecular formula is C49H50O15. The van der Waals surface area contributed by atoms with E-state index < -0.39 is 100 Å². The first kappa shape index (κ1) is 45.6. The molecule has 9 atom stereocenters. The smallest absolute Gasteiger partial charge is 0.343 e. The van der Waals surface area contributed by atoms with Crippen molar-refractivity contribution in [3.05, 3.63) is 119 Å². The first-order chi connectivity index (χ1) is 30.2. The summed E-state index contributed by atoms with van der Waals surface area (Å²) in [6.07, 6.45) is -5.28. The number of ether oxygens (including phenoxy) is 7. The predicted molar refractivity (Wildman–Crippen MR) is 225 cm³/mol. The van der Waals surface area contributed by atoms with Crippen LogP contribution in [0.2, 0.25) is 0 Å². The molecule has 0 aromatic heterocycles. The third-order valence-electron chi connectivity index (χ3n) is 13.2. The van der Waals surface area contributed by atoms with Crippen molar-refractivity contribution in [1.29, 1.82) is 0 Å². The van der Waals surface area contributed by atoms with Crippen molar-refractivity contribution in [2.75, 3.05) is 6.61 Å².